The number of hydrogen-bond acceptors (Lipinski definition) is 7. The number of anilines is 1. The van der Waals surface area contributed by atoms with Crippen molar-refractivity contribution in [3.8, 4) is 55.8 Å². The highest BCUT2D eigenvalue weighted by atomic mass is 35.5. The van der Waals surface area contributed by atoms with Crippen LogP contribution >= 0.6 is 11.3 Å². The molecule has 0 saturated carbocycles. The number of rotatable bonds is 5. The van der Waals surface area contributed by atoms with E-state index >= 15 is 0 Å². The molecule has 0 fully saturated rings. The van der Waals surface area contributed by atoms with Crippen molar-refractivity contribution in [1.82, 2.24) is 9.56 Å². The predicted octanol–water partition coefficient (Wildman–Crippen LogP) is 2.27. The van der Waals surface area contributed by atoms with Gasteiger partial charge in [-0.05, 0) is 53.6 Å². The lowest BCUT2D eigenvalue weighted by Gasteiger charge is -2.20. The van der Waals surface area contributed by atoms with Crippen molar-refractivity contribution in [2.45, 2.75) is 0 Å². The molecule has 39 heavy (non-hydrogen) atoms. The van der Waals surface area contributed by atoms with Gasteiger partial charge in [-0.25, -0.2) is 9.56 Å². The van der Waals surface area contributed by atoms with Crippen LogP contribution in [0.25, 0.3) is 43.0 Å². The molecular formula is C30H30ClN3O4S. The van der Waals surface area contributed by atoms with Gasteiger partial charge in [-0.15, -0.1) is 11.3 Å². The van der Waals surface area contributed by atoms with E-state index < -0.39 is 0 Å². The number of hydrogen-bond donors (Lipinski definition) is 2. The van der Waals surface area contributed by atoms with E-state index in [1.165, 1.54) is 0 Å². The summed E-state index contributed by atoms with van der Waals surface area (Å²) in [6.45, 7) is 0. The van der Waals surface area contributed by atoms with Gasteiger partial charge in [0, 0.05) is 31.4 Å². The van der Waals surface area contributed by atoms with Crippen LogP contribution < -0.4 is 36.7 Å². The summed E-state index contributed by atoms with van der Waals surface area (Å²) in [5.74, 6) is 1.05. The molecule has 1 aliphatic carbocycles. The van der Waals surface area contributed by atoms with Crippen LogP contribution in [0.1, 0.15) is 0 Å². The van der Waals surface area contributed by atoms with Crippen LogP contribution in [0.2, 0.25) is 0 Å². The van der Waals surface area contributed by atoms with Crippen LogP contribution in [0.4, 0.5) is 5.69 Å². The lowest BCUT2D eigenvalue weighted by molar-refractivity contribution is -0.00000995. The molecule has 7 nitrogen and oxygen atoms in total. The van der Waals surface area contributed by atoms with Gasteiger partial charge in [-0.1, -0.05) is 12.1 Å². The molecule has 0 radical (unpaired) electrons. The van der Waals surface area contributed by atoms with Gasteiger partial charge in [0.15, 0.2) is 23.0 Å². The highest BCUT2D eigenvalue weighted by molar-refractivity contribution is 7.21. The summed E-state index contributed by atoms with van der Waals surface area (Å²) in [6.07, 6.45) is 0. The number of fused-ring (bicyclic) bond motifs is 2. The Morgan fingerprint density at radius 3 is 1.92 bits per heavy atom. The highest BCUT2D eigenvalue weighted by Crippen LogP contribution is 2.41. The molecule has 0 spiro atoms. The Morgan fingerprint density at radius 1 is 0.795 bits per heavy atom. The monoisotopic (exact) mass is 563 g/mol. The van der Waals surface area contributed by atoms with Gasteiger partial charge in [0.1, 0.15) is 14.1 Å². The van der Waals surface area contributed by atoms with Crippen molar-refractivity contribution in [2.24, 2.45) is 0 Å². The first-order valence-corrected chi connectivity index (χ1v) is 12.9. The molecule has 202 valence electrons. The second-order valence-electron chi connectivity index (χ2n) is 9.45. The molecule has 0 aromatic heterocycles. The number of aromatic hydroxyl groups is 2. The first-order valence-electron chi connectivity index (χ1n) is 12.0. The largest absolute Gasteiger partial charge is 1.00 e. The molecule has 0 saturated heterocycles. The van der Waals surface area contributed by atoms with Crippen LogP contribution in [-0.2, 0) is 0 Å². The van der Waals surface area contributed by atoms with Crippen LogP contribution in [0.3, 0.4) is 0 Å². The van der Waals surface area contributed by atoms with E-state index in [4.69, 9.17) is 14.5 Å². The van der Waals surface area contributed by atoms with Crippen LogP contribution in [0, 0.1) is 0 Å². The summed E-state index contributed by atoms with van der Waals surface area (Å²) < 4.78 is 13.9. The molecule has 0 amide bonds. The third kappa shape index (κ3) is 5.17. The van der Waals surface area contributed by atoms with E-state index in [9.17, 15) is 10.2 Å². The molecule has 1 heterocycles. The number of benzene rings is 4. The van der Waals surface area contributed by atoms with Crippen LogP contribution in [0.15, 0.2) is 60.7 Å². The van der Waals surface area contributed by atoms with Gasteiger partial charge in [0.25, 0.3) is 0 Å². The fourth-order valence-electron chi connectivity index (χ4n) is 4.59. The molecule has 1 aliphatic heterocycles. The zero-order valence-electron chi connectivity index (χ0n) is 22.6. The van der Waals surface area contributed by atoms with E-state index in [0.717, 1.165) is 54.1 Å². The minimum absolute atomic E-state index is 0. The maximum absolute atomic E-state index is 10.1. The van der Waals surface area contributed by atoms with Gasteiger partial charge in [0.05, 0.1) is 40.6 Å². The molecule has 3 aromatic rings. The highest BCUT2D eigenvalue weighted by Gasteiger charge is 2.19. The molecule has 0 unspecified atom stereocenters. The standard InChI is InChI=1S/C30H29N3O4S.ClH/c1-32(2)23-15-29-21(13-19(23)17-7-9-25(34)27(11-17)36-5)31-22-14-20(24(33(3)4)16-30(22)38-29)18-8-10-26(35)28(12-18)37-6;/h7-16H,1-6H3,(H-,31,34,35);1H. The molecule has 0 bridgehead atoms. The fraction of sp³-hybridized carbons (Fsp3) is 0.200. The second-order valence-corrected chi connectivity index (χ2v) is 10.5. The average Bonchev–Trinajstić information content (AvgIpc) is 2.91. The van der Waals surface area contributed by atoms with Gasteiger partial charge in [0.2, 0.25) is 5.36 Å². The number of nitrogens with zero attached hydrogens (tertiary/aromatic N) is 3. The quantitative estimate of drug-likeness (QED) is 0.252. The van der Waals surface area contributed by atoms with E-state index in [1.807, 2.05) is 52.5 Å². The number of aromatic nitrogens is 1. The van der Waals surface area contributed by atoms with Gasteiger partial charge < -0.3 is 37.0 Å². The zero-order chi connectivity index (χ0) is 27.1. The molecule has 9 heteroatoms. The van der Waals surface area contributed by atoms with Crippen molar-refractivity contribution in [3.05, 3.63) is 66.0 Å². The molecule has 3 aromatic carbocycles. The second kappa shape index (κ2) is 11.0. The zero-order valence-corrected chi connectivity index (χ0v) is 24.2. The summed E-state index contributed by atoms with van der Waals surface area (Å²) in [5, 5.41) is 21.3. The topological polar surface area (TPSA) is 78.1 Å². The average molecular weight is 564 g/mol. The number of halogens is 1. The van der Waals surface area contributed by atoms with Crippen molar-refractivity contribution in [3.63, 3.8) is 0 Å². The minimum atomic E-state index is 0. The van der Waals surface area contributed by atoms with E-state index in [0.29, 0.717) is 11.5 Å². The maximum Gasteiger partial charge on any atom is 0.208 e. The van der Waals surface area contributed by atoms with Gasteiger partial charge in [-0.3, -0.25) is 0 Å². The summed E-state index contributed by atoms with van der Waals surface area (Å²) in [6, 6.07) is 19.3. The van der Waals surface area contributed by atoms with E-state index in [-0.39, 0.29) is 23.9 Å². The molecule has 0 atom stereocenters. The lowest BCUT2D eigenvalue weighted by Crippen LogP contribution is -3.00. The number of phenolic OH excluding ortho intramolecular Hbond substituents is 2. The van der Waals surface area contributed by atoms with Gasteiger partial charge in [-0.2, -0.15) is 0 Å². The first kappa shape index (κ1) is 28.0. The summed E-state index contributed by atoms with van der Waals surface area (Å²) in [5.41, 5.74) is 6.64. The number of methoxy groups -OCH3 is 2. The molecule has 2 aliphatic rings. The minimum Gasteiger partial charge on any atom is -1.00 e. The predicted molar refractivity (Wildman–Crippen MR) is 155 cm³/mol. The normalized spacial score (nSPS) is 10.8. The van der Waals surface area contributed by atoms with Crippen molar-refractivity contribution < 1.29 is 32.1 Å². The third-order valence-electron chi connectivity index (χ3n) is 6.56. The Kier molecular flexibility index (Phi) is 7.90. The Labute approximate surface area is 237 Å². The van der Waals surface area contributed by atoms with Crippen molar-refractivity contribution in [1.29, 1.82) is 0 Å². The SMILES string of the molecule is COc1cc(-c2cc3nc4cc(-c5ccc(O)c(OC)c5)c(=[N+](C)C)cc-4sc3cc2N(C)C)ccc1O.[Cl-]. The Bertz CT molecular complexity index is 1730. The smallest absolute Gasteiger partial charge is 0.208 e. The van der Waals surface area contributed by atoms with Crippen molar-refractivity contribution >= 4 is 27.2 Å². The fourth-order valence-corrected chi connectivity index (χ4v) is 5.59. The Hall–Kier alpha value is -4.01. The first-order chi connectivity index (χ1) is 18.2. The Balaban J connectivity index is 0.00000353. The van der Waals surface area contributed by atoms with Crippen LogP contribution in [0.5, 0.6) is 23.0 Å². The third-order valence-corrected chi connectivity index (χ3v) is 7.65. The Morgan fingerprint density at radius 2 is 1.38 bits per heavy atom. The van der Waals surface area contributed by atoms with E-state index in [2.05, 4.69) is 33.7 Å². The van der Waals surface area contributed by atoms with Crippen LogP contribution in [-0.4, -0.2) is 57.6 Å². The number of phenols is 2. The maximum atomic E-state index is 10.1. The van der Waals surface area contributed by atoms with Crippen molar-refractivity contribution in [2.75, 3.05) is 47.3 Å². The molecule has 2 N–H and O–H groups in total. The molecule has 5 rings (SSSR count). The number of ether oxygens (including phenoxy) is 2. The van der Waals surface area contributed by atoms with E-state index in [1.54, 1.807) is 37.7 Å². The molecular weight excluding hydrogens is 534 g/mol. The summed E-state index contributed by atoms with van der Waals surface area (Å²) in [4.78, 5) is 8.23. The lowest BCUT2D eigenvalue weighted by atomic mass is 10.0. The summed E-state index contributed by atoms with van der Waals surface area (Å²) in [7, 11) is 11.2. The summed E-state index contributed by atoms with van der Waals surface area (Å²) >= 11 is 1.70. The van der Waals surface area contributed by atoms with Gasteiger partial charge >= 0.3 is 0 Å².